The number of amides is 2. The van der Waals surface area contributed by atoms with Crippen molar-refractivity contribution in [3.63, 3.8) is 0 Å². The molecule has 0 radical (unpaired) electrons. The van der Waals surface area contributed by atoms with Crippen molar-refractivity contribution in [2.24, 2.45) is 5.73 Å². The summed E-state index contributed by atoms with van der Waals surface area (Å²) in [5.41, 5.74) is 5.11. The van der Waals surface area contributed by atoms with Crippen molar-refractivity contribution in [2.75, 3.05) is 13.1 Å². The van der Waals surface area contributed by atoms with Crippen molar-refractivity contribution in [3.05, 3.63) is 35.9 Å². The van der Waals surface area contributed by atoms with Gasteiger partial charge in [-0.2, -0.15) is 0 Å². The van der Waals surface area contributed by atoms with Crippen molar-refractivity contribution in [1.29, 1.82) is 0 Å². The zero-order chi connectivity index (χ0) is 13.2. The Kier molecular flexibility index (Phi) is 3.23. The topological polar surface area (TPSA) is 83.6 Å². The second-order valence-corrected chi connectivity index (χ2v) is 4.58. The van der Waals surface area contributed by atoms with Crippen LogP contribution in [-0.4, -0.2) is 35.1 Å². The van der Waals surface area contributed by atoms with E-state index in [1.807, 2.05) is 30.3 Å². The highest BCUT2D eigenvalue weighted by Crippen LogP contribution is 2.35. The second-order valence-electron chi connectivity index (χ2n) is 4.58. The third-order valence-corrected chi connectivity index (χ3v) is 3.66. The molecule has 1 fully saturated rings. The Morgan fingerprint density at radius 3 is 2.17 bits per heavy atom. The minimum Gasteiger partial charge on any atom is -0.481 e. The van der Waals surface area contributed by atoms with Crippen LogP contribution in [0.15, 0.2) is 30.3 Å². The lowest BCUT2D eigenvalue weighted by Crippen LogP contribution is -2.50. The van der Waals surface area contributed by atoms with Crippen LogP contribution in [0, 0.1) is 0 Å². The number of carbonyl (C=O) groups is 2. The van der Waals surface area contributed by atoms with Crippen LogP contribution < -0.4 is 5.73 Å². The maximum atomic E-state index is 11.6. The first-order valence-electron chi connectivity index (χ1n) is 5.89. The zero-order valence-electron chi connectivity index (χ0n) is 10.0. The first kappa shape index (κ1) is 12.4. The van der Waals surface area contributed by atoms with E-state index in [9.17, 15) is 14.7 Å². The maximum Gasteiger partial charge on any atom is 0.314 e. The van der Waals surface area contributed by atoms with Crippen LogP contribution in [0.3, 0.4) is 0 Å². The fraction of sp³-hybridized carbons (Fsp3) is 0.385. The molecule has 2 rings (SSSR count). The van der Waals surface area contributed by atoms with Gasteiger partial charge in [0.2, 0.25) is 0 Å². The van der Waals surface area contributed by atoms with Crippen molar-refractivity contribution < 1.29 is 14.7 Å². The number of aliphatic carboxylic acids is 1. The first-order chi connectivity index (χ1) is 8.56. The van der Waals surface area contributed by atoms with Gasteiger partial charge in [-0.25, -0.2) is 4.79 Å². The predicted molar refractivity (Wildman–Crippen MR) is 66.1 cm³/mol. The average molecular weight is 248 g/mol. The third-order valence-electron chi connectivity index (χ3n) is 3.66. The number of hydrogen-bond donors (Lipinski definition) is 2. The summed E-state index contributed by atoms with van der Waals surface area (Å²) in [6.45, 7) is 0.771. The number of likely N-dealkylation sites (tertiary alicyclic amines) is 1. The summed E-state index contributed by atoms with van der Waals surface area (Å²) in [4.78, 5) is 24.2. The lowest BCUT2D eigenvalue weighted by molar-refractivity contribution is -0.145. The van der Waals surface area contributed by atoms with Crippen LogP contribution in [0.4, 0.5) is 4.79 Å². The molecule has 5 heteroatoms. The number of carboxylic acids is 1. The lowest BCUT2D eigenvalue weighted by Gasteiger charge is -2.38. The van der Waals surface area contributed by atoms with Crippen LogP contribution in [0.25, 0.3) is 0 Å². The summed E-state index contributed by atoms with van der Waals surface area (Å²) in [7, 11) is 0. The SMILES string of the molecule is NC(=O)N1CCC(C(=O)O)(c2ccccc2)CC1. The van der Waals surface area contributed by atoms with Gasteiger partial charge in [-0.3, -0.25) is 4.79 Å². The molecular weight excluding hydrogens is 232 g/mol. The molecule has 0 aromatic heterocycles. The van der Waals surface area contributed by atoms with Gasteiger partial charge in [-0.05, 0) is 18.4 Å². The average Bonchev–Trinajstić information content (AvgIpc) is 2.39. The van der Waals surface area contributed by atoms with Gasteiger partial charge < -0.3 is 15.7 Å². The molecule has 0 aliphatic carbocycles. The summed E-state index contributed by atoms with van der Waals surface area (Å²) in [5, 5.41) is 9.53. The Morgan fingerprint density at radius 2 is 1.72 bits per heavy atom. The standard InChI is InChI=1S/C13H16N2O3/c14-12(18)15-8-6-13(7-9-15,11(16)17)10-4-2-1-3-5-10/h1-5H,6-9H2,(H2,14,18)(H,16,17). The number of nitrogens with two attached hydrogens (primary N) is 1. The predicted octanol–water partition coefficient (Wildman–Crippen LogP) is 1.18. The normalized spacial score (nSPS) is 18.3. The number of rotatable bonds is 2. The van der Waals surface area contributed by atoms with Crippen molar-refractivity contribution in [3.8, 4) is 0 Å². The van der Waals surface area contributed by atoms with Crippen LogP contribution in [0.2, 0.25) is 0 Å². The summed E-state index contributed by atoms with van der Waals surface area (Å²) in [5.74, 6) is -0.835. The Hall–Kier alpha value is -2.04. The molecule has 0 atom stereocenters. The molecule has 1 aliphatic heterocycles. The summed E-state index contributed by atoms with van der Waals surface area (Å²) in [6, 6.07) is 8.70. The molecule has 0 unspecified atom stereocenters. The van der Waals surface area contributed by atoms with E-state index in [1.54, 1.807) is 0 Å². The van der Waals surface area contributed by atoms with Gasteiger partial charge in [0.15, 0.2) is 0 Å². The molecule has 96 valence electrons. The Labute approximate surface area is 105 Å². The van der Waals surface area contributed by atoms with Gasteiger partial charge in [0.05, 0.1) is 5.41 Å². The molecule has 0 saturated carbocycles. The number of hydrogen-bond acceptors (Lipinski definition) is 2. The largest absolute Gasteiger partial charge is 0.481 e. The van der Waals surface area contributed by atoms with Crippen molar-refractivity contribution >= 4 is 12.0 Å². The summed E-state index contributed by atoms with van der Waals surface area (Å²) in [6.07, 6.45) is 0.796. The van der Waals surface area contributed by atoms with Gasteiger partial charge in [-0.15, -0.1) is 0 Å². The Balaban J connectivity index is 2.27. The molecule has 18 heavy (non-hydrogen) atoms. The van der Waals surface area contributed by atoms with Crippen LogP contribution in [0.1, 0.15) is 18.4 Å². The van der Waals surface area contributed by atoms with Crippen LogP contribution in [0.5, 0.6) is 0 Å². The minimum atomic E-state index is -0.896. The van der Waals surface area contributed by atoms with Gasteiger partial charge >= 0.3 is 12.0 Å². The third kappa shape index (κ3) is 2.03. The molecule has 1 saturated heterocycles. The molecule has 0 spiro atoms. The minimum absolute atomic E-state index is 0.385. The molecule has 3 N–H and O–H groups in total. The van der Waals surface area contributed by atoms with Crippen LogP contribution in [-0.2, 0) is 10.2 Å². The number of nitrogens with zero attached hydrogens (tertiary/aromatic N) is 1. The van der Waals surface area contributed by atoms with Gasteiger partial charge in [0.25, 0.3) is 0 Å². The van der Waals surface area contributed by atoms with E-state index in [0.29, 0.717) is 25.9 Å². The molecular formula is C13H16N2O3. The van der Waals surface area contributed by atoms with E-state index >= 15 is 0 Å². The van der Waals surface area contributed by atoms with E-state index in [4.69, 9.17) is 5.73 Å². The number of carbonyl (C=O) groups excluding carboxylic acids is 1. The zero-order valence-corrected chi connectivity index (χ0v) is 10.0. The highest BCUT2D eigenvalue weighted by Gasteiger charge is 2.43. The molecule has 1 aromatic carbocycles. The maximum absolute atomic E-state index is 11.6. The molecule has 5 nitrogen and oxygen atoms in total. The van der Waals surface area contributed by atoms with E-state index in [-0.39, 0.29) is 0 Å². The molecule has 1 heterocycles. The molecule has 1 aromatic rings. The van der Waals surface area contributed by atoms with Crippen molar-refractivity contribution in [2.45, 2.75) is 18.3 Å². The number of piperidine rings is 1. The number of benzene rings is 1. The molecule has 2 amide bonds. The Morgan fingerprint density at radius 1 is 1.17 bits per heavy atom. The van der Waals surface area contributed by atoms with E-state index in [1.165, 1.54) is 4.90 Å². The number of primary amides is 1. The summed E-state index contributed by atoms with van der Waals surface area (Å²) >= 11 is 0. The van der Waals surface area contributed by atoms with E-state index < -0.39 is 17.4 Å². The number of urea groups is 1. The highest BCUT2D eigenvalue weighted by molar-refractivity contribution is 5.82. The van der Waals surface area contributed by atoms with Gasteiger partial charge in [-0.1, -0.05) is 30.3 Å². The van der Waals surface area contributed by atoms with E-state index in [0.717, 1.165) is 5.56 Å². The monoisotopic (exact) mass is 248 g/mol. The van der Waals surface area contributed by atoms with Gasteiger partial charge in [0, 0.05) is 13.1 Å². The van der Waals surface area contributed by atoms with Gasteiger partial charge in [0.1, 0.15) is 0 Å². The van der Waals surface area contributed by atoms with Crippen molar-refractivity contribution in [1.82, 2.24) is 4.90 Å². The molecule has 1 aliphatic rings. The fourth-order valence-electron chi connectivity index (χ4n) is 2.49. The smallest absolute Gasteiger partial charge is 0.314 e. The quantitative estimate of drug-likeness (QED) is 0.824. The first-order valence-corrected chi connectivity index (χ1v) is 5.89. The molecule has 0 bridgehead atoms. The van der Waals surface area contributed by atoms with E-state index in [2.05, 4.69) is 0 Å². The lowest BCUT2D eigenvalue weighted by atomic mass is 9.73. The van der Waals surface area contributed by atoms with Crippen LogP contribution >= 0.6 is 0 Å². The Bertz CT molecular complexity index is 451. The second kappa shape index (κ2) is 4.68. The number of carboxylic acid groups (broad SMARTS) is 1. The summed E-state index contributed by atoms with van der Waals surface area (Å²) < 4.78 is 0. The highest BCUT2D eigenvalue weighted by atomic mass is 16.4. The fourth-order valence-corrected chi connectivity index (χ4v) is 2.49.